The Morgan fingerprint density at radius 2 is 1.97 bits per heavy atom. The highest BCUT2D eigenvalue weighted by atomic mass is 35.5. The molecule has 33 heavy (non-hydrogen) atoms. The van der Waals surface area contributed by atoms with Crippen molar-refractivity contribution < 1.29 is 14.3 Å². The fourth-order valence-corrected chi connectivity index (χ4v) is 4.15. The second-order valence-corrected chi connectivity index (χ2v) is 8.70. The van der Waals surface area contributed by atoms with Crippen molar-refractivity contribution in [2.45, 2.75) is 45.8 Å². The molecule has 180 valence electrons. The summed E-state index contributed by atoms with van der Waals surface area (Å²) in [5, 5.41) is 3.75. The number of rotatable bonds is 8. The van der Waals surface area contributed by atoms with Gasteiger partial charge in [-0.1, -0.05) is 36.2 Å². The minimum Gasteiger partial charge on any atom is -0.381 e. The first-order valence-electron chi connectivity index (χ1n) is 10.9. The van der Waals surface area contributed by atoms with E-state index in [2.05, 4.69) is 22.1 Å². The van der Waals surface area contributed by atoms with Crippen molar-refractivity contribution >= 4 is 35.9 Å². The van der Waals surface area contributed by atoms with Crippen LogP contribution in [0.25, 0.3) is 11.1 Å². The molecular formula is C24H32Cl2N4O3. The molecule has 1 aliphatic heterocycles. The van der Waals surface area contributed by atoms with E-state index in [0.717, 1.165) is 73.4 Å². The molecule has 2 heterocycles. The Morgan fingerprint density at radius 3 is 2.52 bits per heavy atom. The number of hydrogen-bond donors (Lipinski definition) is 2. The number of carbonyl (C=O) groups is 2. The summed E-state index contributed by atoms with van der Waals surface area (Å²) in [6.07, 6.45) is 3.51. The van der Waals surface area contributed by atoms with E-state index in [-0.39, 0.29) is 6.54 Å². The van der Waals surface area contributed by atoms with Gasteiger partial charge in [-0.25, -0.2) is 0 Å². The van der Waals surface area contributed by atoms with Gasteiger partial charge in [0.2, 0.25) is 6.41 Å². The van der Waals surface area contributed by atoms with E-state index in [1.807, 2.05) is 20.0 Å². The van der Waals surface area contributed by atoms with Crippen molar-refractivity contribution in [2.75, 3.05) is 26.8 Å². The first-order valence-corrected chi connectivity index (χ1v) is 11.7. The highest BCUT2D eigenvalue weighted by molar-refractivity contribution is 6.36. The first kappa shape index (κ1) is 27.2. The van der Waals surface area contributed by atoms with E-state index >= 15 is 0 Å². The maximum absolute atomic E-state index is 11.9. The quantitative estimate of drug-likeness (QED) is 0.538. The predicted molar refractivity (Wildman–Crippen MR) is 133 cm³/mol. The number of amides is 1. The van der Waals surface area contributed by atoms with Crippen molar-refractivity contribution in [1.82, 2.24) is 15.2 Å². The van der Waals surface area contributed by atoms with E-state index in [1.165, 1.54) is 0 Å². The molecule has 1 aromatic heterocycles. The van der Waals surface area contributed by atoms with Crippen LogP contribution < -0.4 is 11.1 Å². The van der Waals surface area contributed by atoms with Gasteiger partial charge in [0.05, 0.1) is 5.69 Å². The SMILES string of the molecule is CCN(C)Cc1nc(C)c(CN)c(-c2ccc(Cl)cc2Cl)c1C=O.O=CNC1CCOCC1. The largest absolute Gasteiger partial charge is 0.381 e. The lowest BCUT2D eigenvalue weighted by Gasteiger charge is -2.20. The third-order valence-corrected chi connectivity index (χ3v) is 6.18. The standard InChI is InChI=1S/C18H21Cl2N3O.C6H11NO2/c1-4-23(3)9-17-15(10-24)18(14(8-21)11(2)22-17)13-6-5-12(19)7-16(13)20;8-5-7-6-1-3-9-4-2-6/h5-7,10H,4,8-9,21H2,1-3H3;5-6H,1-4H2,(H,7,8). The number of hydrogen-bond acceptors (Lipinski definition) is 6. The zero-order valence-electron chi connectivity index (χ0n) is 19.4. The van der Waals surface area contributed by atoms with Gasteiger partial charge in [0.15, 0.2) is 6.29 Å². The van der Waals surface area contributed by atoms with Crippen LogP contribution in [0.4, 0.5) is 0 Å². The normalized spacial score (nSPS) is 13.9. The maximum Gasteiger partial charge on any atom is 0.207 e. The summed E-state index contributed by atoms with van der Waals surface area (Å²) in [5.41, 5.74) is 10.3. The third-order valence-electron chi connectivity index (χ3n) is 5.63. The second kappa shape index (κ2) is 13.6. The minimum atomic E-state index is 0.276. The number of nitrogens with zero attached hydrogens (tertiary/aromatic N) is 2. The molecule has 3 rings (SSSR count). The van der Waals surface area contributed by atoms with Gasteiger partial charge >= 0.3 is 0 Å². The van der Waals surface area contributed by atoms with Crippen LogP contribution in [0.5, 0.6) is 0 Å². The van der Waals surface area contributed by atoms with Gasteiger partial charge in [0.25, 0.3) is 0 Å². The molecule has 0 atom stereocenters. The number of nitrogens with one attached hydrogen (secondary N) is 1. The van der Waals surface area contributed by atoms with Crippen molar-refractivity contribution in [2.24, 2.45) is 5.73 Å². The summed E-state index contributed by atoms with van der Waals surface area (Å²) in [6.45, 7) is 7.23. The molecular weight excluding hydrogens is 463 g/mol. The summed E-state index contributed by atoms with van der Waals surface area (Å²) in [6, 6.07) is 5.60. The number of ether oxygens (including phenoxy) is 1. The Hall–Kier alpha value is -2.03. The van der Waals surface area contributed by atoms with Gasteiger partial charge < -0.3 is 20.7 Å². The molecule has 1 aromatic carbocycles. The third kappa shape index (κ3) is 7.48. The Balaban J connectivity index is 0.000000357. The van der Waals surface area contributed by atoms with Crippen molar-refractivity contribution in [3.63, 3.8) is 0 Å². The lowest BCUT2D eigenvalue weighted by Crippen LogP contribution is -2.33. The zero-order chi connectivity index (χ0) is 24.4. The van der Waals surface area contributed by atoms with E-state index in [0.29, 0.717) is 28.2 Å². The summed E-state index contributed by atoms with van der Waals surface area (Å²) >= 11 is 12.4. The molecule has 0 unspecified atom stereocenters. The van der Waals surface area contributed by atoms with Crippen LogP contribution in [-0.4, -0.2) is 55.4 Å². The van der Waals surface area contributed by atoms with E-state index in [1.54, 1.807) is 12.1 Å². The van der Waals surface area contributed by atoms with Gasteiger partial charge in [-0.15, -0.1) is 0 Å². The summed E-state index contributed by atoms with van der Waals surface area (Å²) in [5.74, 6) is 0. The van der Waals surface area contributed by atoms with Gasteiger partial charge in [-0.3, -0.25) is 14.6 Å². The minimum absolute atomic E-state index is 0.276. The first-order chi connectivity index (χ1) is 15.9. The number of aldehydes is 1. The van der Waals surface area contributed by atoms with Crippen molar-refractivity contribution in [1.29, 1.82) is 0 Å². The molecule has 1 fully saturated rings. The molecule has 0 bridgehead atoms. The highest BCUT2D eigenvalue weighted by Gasteiger charge is 2.20. The van der Waals surface area contributed by atoms with Crippen LogP contribution in [0.15, 0.2) is 18.2 Å². The van der Waals surface area contributed by atoms with Crippen molar-refractivity contribution in [3.05, 3.63) is 50.8 Å². The van der Waals surface area contributed by atoms with Crippen LogP contribution >= 0.6 is 23.2 Å². The molecule has 0 aliphatic carbocycles. The lowest BCUT2D eigenvalue weighted by atomic mass is 9.92. The number of carbonyl (C=O) groups excluding carboxylic acids is 2. The van der Waals surface area contributed by atoms with Gasteiger partial charge in [0, 0.05) is 64.8 Å². The average Bonchev–Trinajstić information content (AvgIpc) is 2.80. The Kier molecular flexibility index (Phi) is 11.2. The number of halogens is 2. The van der Waals surface area contributed by atoms with Crippen LogP contribution in [0.3, 0.4) is 0 Å². The van der Waals surface area contributed by atoms with E-state index in [4.69, 9.17) is 33.7 Å². The Bertz CT molecular complexity index is 950. The molecule has 1 saturated heterocycles. The Morgan fingerprint density at radius 1 is 1.27 bits per heavy atom. The topological polar surface area (TPSA) is 97.6 Å². The number of benzene rings is 1. The molecule has 9 heteroatoms. The smallest absolute Gasteiger partial charge is 0.207 e. The number of aromatic nitrogens is 1. The molecule has 0 saturated carbocycles. The van der Waals surface area contributed by atoms with Crippen molar-refractivity contribution in [3.8, 4) is 11.1 Å². The summed E-state index contributed by atoms with van der Waals surface area (Å²) in [4.78, 5) is 28.5. The number of pyridine rings is 1. The molecule has 0 radical (unpaired) electrons. The fourth-order valence-electron chi connectivity index (χ4n) is 3.64. The van der Waals surface area contributed by atoms with Gasteiger partial charge in [-0.05, 0) is 51.1 Å². The molecule has 1 aliphatic rings. The molecule has 2 aromatic rings. The average molecular weight is 495 g/mol. The van der Waals surface area contributed by atoms with E-state index < -0.39 is 0 Å². The zero-order valence-corrected chi connectivity index (χ0v) is 20.9. The summed E-state index contributed by atoms with van der Waals surface area (Å²) in [7, 11) is 1.98. The molecule has 1 amide bonds. The number of aryl methyl sites for hydroxylation is 1. The monoisotopic (exact) mass is 494 g/mol. The Labute approximate surface area is 205 Å². The maximum atomic E-state index is 11.9. The van der Waals surface area contributed by atoms with Gasteiger partial charge in [0.1, 0.15) is 0 Å². The van der Waals surface area contributed by atoms with E-state index in [9.17, 15) is 9.59 Å². The molecule has 3 N–H and O–H groups in total. The summed E-state index contributed by atoms with van der Waals surface area (Å²) < 4.78 is 5.09. The van der Waals surface area contributed by atoms with Crippen LogP contribution in [0.2, 0.25) is 10.0 Å². The van der Waals surface area contributed by atoms with Crippen LogP contribution in [0, 0.1) is 6.92 Å². The highest BCUT2D eigenvalue weighted by Crippen LogP contribution is 2.36. The van der Waals surface area contributed by atoms with Crippen LogP contribution in [0.1, 0.15) is 47.1 Å². The van der Waals surface area contributed by atoms with Crippen LogP contribution in [-0.2, 0) is 22.6 Å². The fraction of sp³-hybridized carbons (Fsp3) is 0.458. The lowest BCUT2D eigenvalue weighted by molar-refractivity contribution is -0.110. The van der Waals surface area contributed by atoms with Gasteiger partial charge in [-0.2, -0.15) is 0 Å². The second-order valence-electron chi connectivity index (χ2n) is 7.86. The number of nitrogens with two attached hydrogens (primary N) is 1. The molecule has 7 nitrogen and oxygen atoms in total. The predicted octanol–water partition coefficient (Wildman–Crippen LogP) is 4.00. The molecule has 0 spiro atoms.